The number of hydrogen-bond acceptors (Lipinski definition) is 5. The van der Waals surface area contributed by atoms with Gasteiger partial charge in [-0.3, -0.25) is 4.79 Å². The predicted molar refractivity (Wildman–Crippen MR) is 126 cm³/mol. The van der Waals surface area contributed by atoms with Crippen molar-refractivity contribution >= 4 is 28.9 Å². The largest absolute Gasteiger partial charge is 0.356 e. The van der Waals surface area contributed by atoms with Gasteiger partial charge < -0.3 is 15.5 Å². The lowest BCUT2D eigenvalue weighted by atomic mass is 10.1. The van der Waals surface area contributed by atoms with Gasteiger partial charge in [-0.25, -0.2) is 9.97 Å². The van der Waals surface area contributed by atoms with E-state index in [4.69, 9.17) is 0 Å². The Balaban J connectivity index is 1.33. The van der Waals surface area contributed by atoms with E-state index >= 15 is 0 Å². The van der Waals surface area contributed by atoms with Crippen LogP contribution in [0.15, 0.2) is 54.6 Å². The highest BCUT2D eigenvalue weighted by Gasteiger charge is 2.15. The van der Waals surface area contributed by atoms with Gasteiger partial charge in [-0.2, -0.15) is 0 Å². The smallest absolute Gasteiger partial charge is 0.224 e. The predicted octanol–water partition coefficient (Wildman–Crippen LogP) is 5.01. The summed E-state index contributed by atoms with van der Waals surface area (Å²) in [5.74, 6) is 2.53. The van der Waals surface area contributed by atoms with Crippen LogP contribution in [-0.4, -0.2) is 29.0 Å². The first-order valence-corrected chi connectivity index (χ1v) is 10.9. The number of rotatable bonds is 7. The summed E-state index contributed by atoms with van der Waals surface area (Å²) >= 11 is 0. The van der Waals surface area contributed by atoms with Gasteiger partial charge in [-0.1, -0.05) is 29.8 Å². The third kappa shape index (κ3) is 5.81. The summed E-state index contributed by atoms with van der Waals surface area (Å²) < 4.78 is 0. The summed E-state index contributed by atoms with van der Waals surface area (Å²) in [6, 6.07) is 18.0. The molecule has 1 fully saturated rings. The fourth-order valence-corrected chi connectivity index (χ4v) is 3.86. The van der Waals surface area contributed by atoms with E-state index in [9.17, 15) is 4.79 Å². The molecule has 160 valence electrons. The Morgan fingerprint density at radius 2 is 1.71 bits per heavy atom. The maximum atomic E-state index is 12.3. The van der Waals surface area contributed by atoms with Crippen molar-refractivity contribution < 1.29 is 4.79 Å². The summed E-state index contributed by atoms with van der Waals surface area (Å²) in [4.78, 5) is 23.7. The minimum atomic E-state index is 0.0175. The van der Waals surface area contributed by atoms with E-state index in [2.05, 4.69) is 50.6 Å². The molecule has 0 atom stereocenters. The van der Waals surface area contributed by atoms with Gasteiger partial charge in [0, 0.05) is 37.0 Å². The molecule has 0 bridgehead atoms. The van der Waals surface area contributed by atoms with E-state index < -0.39 is 0 Å². The molecule has 1 aliphatic rings. The zero-order valence-electron chi connectivity index (χ0n) is 18.2. The van der Waals surface area contributed by atoms with E-state index in [0.29, 0.717) is 6.42 Å². The number of nitrogens with zero attached hydrogens (tertiary/aromatic N) is 3. The second-order valence-electron chi connectivity index (χ2n) is 8.09. The lowest BCUT2D eigenvalue weighted by molar-refractivity contribution is -0.116. The van der Waals surface area contributed by atoms with Gasteiger partial charge in [0.05, 0.1) is 0 Å². The highest BCUT2D eigenvalue weighted by molar-refractivity contribution is 5.91. The second-order valence-corrected chi connectivity index (χ2v) is 8.09. The third-order valence-corrected chi connectivity index (χ3v) is 5.42. The van der Waals surface area contributed by atoms with Gasteiger partial charge in [0.2, 0.25) is 5.91 Å². The van der Waals surface area contributed by atoms with Crippen LogP contribution in [0.25, 0.3) is 0 Å². The molecule has 1 saturated heterocycles. The Morgan fingerprint density at radius 3 is 2.45 bits per heavy atom. The minimum Gasteiger partial charge on any atom is -0.356 e. The number of carbonyl (C=O) groups is 1. The molecule has 1 amide bonds. The van der Waals surface area contributed by atoms with Crippen LogP contribution in [0.4, 0.5) is 23.0 Å². The summed E-state index contributed by atoms with van der Waals surface area (Å²) in [6.45, 7) is 6.08. The van der Waals surface area contributed by atoms with Crippen LogP contribution in [0.2, 0.25) is 0 Å². The molecule has 3 aromatic rings. The number of nitrogens with one attached hydrogen (secondary N) is 2. The first-order valence-electron chi connectivity index (χ1n) is 10.9. The third-order valence-electron chi connectivity index (χ3n) is 5.42. The molecule has 2 heterocycles. The van der Waals surface area contributed by atoms with Crippen LogP contribution < -0.4 is 15.5 Å². The number of amides is 1. The zero-order valence-corrected chi connectivity index (χ0v) is 18.2. The molecular formula is C25H29N5O. The zero-order chi connectivity index (χ0) is 21.6. The molecule has 0 aliphatic carbocycles. The van der Waals surface area contributed by atoms with E-state index in [-0.39, 0.29) is 5.91 Å². The van der Waals surface area contributed by atoms with Gasteiger partial charge in [-0.05, 0) is 62.9 Å². The average Bonchev–Trinajstić information content (AvgIpc) is 3.28. The standard InChI is InChI=1S/C25H29N5O/c1-18-6-5-7-20(16-18)8-13-25(31)29-22-11-9-21(10-12-22)28-23-17-24(27-19(2)26-23)30-14-3-4-15-30/h5-7,9-12,16-17H,3-4,8,13-15H2,1-2H3,(H,29,31)(H,26,27,28). The van der Waals surface area contributed by atoms with Crippen LogP contribution in [0.5, 0.6) is 0 Å². The van der Waals surface area contributed by atoms with Crippen LogP contribution >= 0.6 is 0 Å². The normalized spacial score (nSPS) is 13.3. The molecule has 4 rings (SSSR count). The lowest BCUT2D eigenvalue weighted by Gasteiger charge is -2.18. The molecule has 6 nitrogen and oxygen atoms in total. The number of hydrogen-bond donors (Lipinski definition) is 2. The molecule has 0 spiro atoms. The maximum Gasteiger partial charge on any atom is 0.224 e. The molecule has 2 N–H and O–H groups in total. The van der Waals surface area contributed by atoms with Crippen molar-refractivity contribution in [3.63, 3.8) is 0 Å². The van der Waals surface area contributed by atoms with Gasteiger partial charge >= 0.3 is 0 Å². The fraction of sp³-hybridized carbons (Fsp3) is 0.320. The van der Waals surface area contributed by atoms with E-state index in [1.54, 1.807) is 0 Å². The first kappa shape index (κ1) is 20.8. The van der Waals surface area contributed by atoms with E-state index in [0.717, 1.165) is 48.3 Å². The Kier molecular flexibility index (Phi) is 6.46. The molecular weight excluding hydrogens is 386 g/mol. The van der Waals surface area contributed by atoms with Crippen LogP contribution in [0.3, 0.4) is 0 Å². The number of anilines is 4. The number of aromatic nitrogens is 2. The Morgan fingerprint density at radius 1 is 0.968 bits per heavy atom. The summed E-state index contributed by atoms with van der Waals surface area (Å²) in [5, 5.41) is 6.32. The highest BCUT2D eigenvalue weighted by atomic mass is 16.1. The van der Waals surface area contributed by atoms with Gasteiger partial charge in [0.15, 0.2) is 0 Å². The van der Waals surface area contributed by atoms with Crippen molar-refractivity contribution in [3.05, 3.63) is 71.5 Å². The minimum absolute atomic E-state index is 0.0175. The average molecular weight is 416 g/mol. The Hall–Kier alpha value is -3.41. The molecule has 1 aromatic heterocycles. The topological polar surface area (TPSA) is 70.2 Å². The van der Waals surface area contributed by atoms with Crippen molar-refractivity contribution in [2.75, 3.05) is 28.6 Å². The van der Waals surface area contributed by atoms with Crippen molar-refractivity contribution in [2.24, 2.45) is 0 Å². The summed E-state index contributed by atoms with van der Waals surface area (Å²) in [5.41, 5.74) is 4.11. The monoisotopic (exact) mass is 415 g/mol. The van der Waals surface area contributed by atoms with Crippen LogP contribution in [0.1, 0.15) is 36.2 Å². The molecule has 0 saturated carbocycles. The van der Waals surface area contributed by atoms with Crippen molar-refractivity contribution in [1.29, 1.82) is 0 Å². The van der Waals surface area contributed by atoms with Crippen LogP contribution in [-0.2, 0) is 11.2 Å². The SMILES string of the molecule is Cc1cccc(CCC(=O)Nc2ccc(Nc3cc(N4CCCC4)nc(C)n3)cc2)c1. The number of benzene rings is 2. The molecule has 0 unspecified atom stereocenters. The Labute approximate surface area is 183 Å². The molecule has 2 aromatic carbocycles. The van der Waals surface area contributed by atoms with Gasteiger partial charge in [0.1, 0.15) is 17.5 Å². The number of aryl methyl sites for hydroxylation is 3. The van der Waals surface area contributed by atoms with Crippen molar-refractivity contribution in [2.45, 2.75) is 39.5 Å². The second kappa shape index (κ2) is 9.60. The highest BCUT2D eigenvalue weighted by Crippen LogP contribution is 2.23. The van der Waals surface area contributed by atoms with Crippen molar-refractivity contribution in [1.82, 2.24) is 9.97 Å². The Bertz CT molecular complexity index is 1040. The fourth-order valence-electron chi connectivity index (χ4n) is 3.86. The van der Waals surface area contributed by atoms with Gasteiger partial charge in [-0.15, -0.1) is 0 Å². The van der Waals surface area contributed by atoms with Crippen LogP contribution in [0, 0.1) is 13.8 Å². The molecule has 0 radical (unpaired) electrons. The maximum absolute atomic E-state index is 12.3. The van der Waals surface area contributed by atoms with Gasteiger partial charge in [0.25, 0.3) is 0 Å². The molecule has 6 heteroatoms. The number of carbonyl (C=O) groups excluding carboxylic acids is 1. The molecule has 1 aliphatic heterocycles. The lowest BCUT2D eigenvalue weighted by Crippen LogP contribution is -2.19. The van der Waals surface area contributed by atoms with Crippen molar-refractivity contribution in [3.8, 4) is 0 Å². The summed E-state index contributed by atoms with van der Waals surface area (Å²) in [7, 11) is 0. The first-order chi connectivity index (χ1) is 15.0. The summed E-state index contributed by atoms with van der Waals surface area (Å²) in [6.07, 6.45) is 3.62. The van der Waals surface area contributed by atoms with E-state index in [1.165, 1.54) is 24.0 Å². The van der Waals surface area contributed by atoms with E-state index in [1.807, 2.05) is 43.3 Å². The molecule has 31 heavy (non-hydrogen) atoms. The quantitative estimate of drug-likeness (QED) is 0.568.